The number of hydrogen-bond acceptors (Lipinski definition) is 0. The molecule has 0 rings (SSSR count). The summed E-state index contributed by atoms with van der Waals surface area (Å²) in [5.41, 5.74) is 0. The summed E-state index contributed by atoms with van der Waals surface area (Å²) in [6, 6.07) is 0. The summed E-state index contributed by atoms with van der Waals surface area (Å²) in [4.78, 5) is 0. The van der Waals surface area contributed by atoms with Crippen LogP contribution in [-0.2, 0) is 0 Å². The molecular formula is C26H54Br6S3. The fraction of sp³-hybridized carbons (Fsp3) is 1.00. The predicted octanol–water partition coefficient (Wildman–Crippen LogP) is 11.1. The van der Waals surface area contributed by atoms with Crippen molar-refractivity contribution in [3.63, 3.8) is 0 Å². The van der Waals surface area contributed by atoms with Crippen molar-refractivity contribution in [1.29, 1.82) is 0 Å². The number of alkyl halides is 6. The summed E-state index contributed by atoms with van der Waals surface area (Å²) in [5.74, 6) is 14.9. The van der Waals surface area contributed by atoms with Crippen LogP contribution in [0.5, 0.6) is 0 Å². The smallest absolute Gasteiger partial charge is 0.00385 e. The minimum atomic E-state index is -0.478. The molecule has 0 nitrogen and oxygen atoms in total. The maximum Gasteiger partial charge on any atom is 0.00385 e. The molecule has 0 unspecified atom stereocenters. The Bertz CT molecular complexity index is 398. The van der Waals surface area contributed by atoms with Crippen molar-refractivity contribution in [2.75, 3.05) is 102 Å². The van der Waals surface area contributed by atoms with Gasteiger partial charge in [-0.1, -0.05) is 95.6 Å². The SMILES string of the molecule is CS(C)(CCCS(CCCBr)(CCCBr)CCCBr)CCCS(CCCBr)(CCCBr)CCCBr. The van der Waals surface area contributed by atoms with Crippen molar-refractivity contribution in [2.45, 2.75) is 51.4 Å². The molecule has 0 aliphatic heterocycles. The zero-order valence-electron chi connectivity index (χ0n) is 22.5. The van der Waals surface area contributed by atoms with Gasteiger partial charge in [0.15, 0.2) is 0 Å². The lowest BCUT2D eigenvalue weighted by Gasteiger charge is -2.43. The molecule has 0 radical (unpaired) electrons. The van der Waals surface area contributed by atoms with Gasteiger partial charge in [0.25, 0.3) is 0 Å². The Morgan fingerprint density at radius 3 is 0.714 bits per heavy atom. The van der Waals surface area contributed by atoms with Gasteiger partial charge in [0, 0.05) is 32.0 Å². The quantitative estimate of drug-likeness (QED) is 0.0758. The van der Waals surface area contributed by atoms with Crippen LogP contribution in [-0.4, -0.2) is 102 Å². The van der Waals surface area contributed by atoms with Crippen LogP contribution in [0.1, 0.15) is 51.4 Å². The van der Waals surface area contributed by atoms with Crippen LogP contribution in [0.2, 0.25) is 0 Å². The third-order valence-electron chi connectivity index (χ3n) is 6.81. The number of rotatable bonds is 26. The molecule has 0 aliphatic carbocycles. The first-order valence-corrected chi connectivity index (χ1v) is 27.4. The molecule has 0 saturated carbocycles. The van der Waals surface area contributed by atoms with E-state index < -0.39 is 30.1 Å². The van der Waals surface area contributed by atoms with E-state index in [0.717, 1.165) is 0 Å². The lowest BCUT2D eigenvalue weighted by molar-refractivity contribution is 0.993. The second-order valence-corrected chi connectivity index (χ2v) is 27.5. The Labute approximate surface area is 275 Å². The average molecular weight is 942 g/mol. The molecule has 0 N–H and O–H groups in total. The van der Waals surface area contributed by atoms with Gasteiger partial charge in [-0.05, 0) is 121 Å². The third kappa shape index (κ3) is 19.6. The van der Waals surface area contributed by atoms with E-state index in [2.05, 4.69) is 108 Å². The molecule has 0 aromatic carbocycles. The van der Waals surface area contributed by atoms with Crippen molar-refractivity contribution in [3.8, 4) is 0 Å². The lowest BCUT2D eigenvalue weighted by atomic mass is 10.5. The van der Waals surface area contributed by atoms with Crippen LogP contribution in [0.15, 0.2) is 0 Å². The standard InChI is InChI=1S/C26H54Br6S3/c1-33(2,17-9-25-34(19-3-11-27,20-4-12-28)21-5-13-29)18-10-26-35(22-6-14-30,23-7-15-31)24-8-16-32/h3-26H2,1-2H3. The zero-order valence-corrected chi connectivity index (χ0v) is 34.4. The molecule has 9 heteroatoms. The first-order chi connectivity index (χ1) is 16.8. The summed E-state index contributed by atoms with van der Waals surface area (Å²) >= 11 is 22.3. The van der Waals surface area contributed by atoms with E-state index in [4.69, 9.17) is 0 Å². The van der Waals surface area contributed by atoms with E-state index in [9.17, 15) is 0 Å². The molecule has 0 amide bonds. The summed E-state index contributed by atoms with van der Waals surface area (Å²) in [6.45, 7) is 0. The Morgan fingerprint density at radius 2 is 0.514 bits per heavy atom. The van der Waals surface area contributed by atoms with Gasteiger partial charge in [-0.3, -0.25) is 0 Å². The van der Waals surface area contributed by atoms with E-state index in [0.29, 0.717) is 0 Å². The van der Waals surface area contributed by atoms with E-state index in [1.54, 1.807) is 0 Å². The van der Waals surface area contributed by atoms with Crippen LogP contribution in [0.25, 0.3) is 0 Å². The summed E-state index contributed by atoms with van der Waals surface area (Å²) in [6.07, 6.45) is 16.4. The fourth-order valence-corrected chi connectivity index (χ4v) is 19.8. The van der Waals surface area contributed by atoms with Crippen LogP contribution in [0.3, 0.4) is 0 Å². The highest BCUT2D eigenvalue weighted by molar-refractivity contribution is 9.10. The van der Waals surface area contributed by atoms with E-state index in [1.807, 2.05) is 0 Å². The molecule has 218 valence electrons. The van der Waals surface area contributed by atoms with Gasteiger partial charge in [-0.25, -0.2) is 30.1 Å². The topological polar surface area (TPSA) is 0 Å². The van der Waals surface area contributed by atoms with E-state index in [1.165, 1.54) is 141 Å². The monoisotopic (exact) mass is 936 g/mol. The van der Waals surface area contributed by atoms with Gasteiger partial charge in [0.2, 0.25) is 0 Å². The van der Waals surface area contributed by atoms with Crippen LogP contribution >= 0.6 is 126 Å². The van der Waals surface area contributed by atoms with Crippen molar-refractivity contribution in [1.82, 2.24) is 0 Å². The molecule has 0 atom stereocenters. The fourth-order valence-electron chi connectivity index (χ4n) is 5.00. The maximum absolute atomic E-state index is 3.72. The molecule has 0 aromatic heterocycles. The first-order valence-electron chi connectivity index (χ1n) is 13.3. The maximum atomic E-state index is 3.72. The second-order valence-electron chi connectivity index (χ2n) is 10.2. The van der Waals surface area contributed by atoms with E-state index >= 15 is 0 Å². The second kappa shape index (κ2) is 24.5. The third-order valence-corrected chi connectivity index (χ3v) is 22.2. The zero-order chi connectivity index (χ0) is 26.5. The molecular weight excluding hydrogens is 888 g/mol. The number of hydrogen-bond donors (Lipinski definition) is 0. The molecule has 0 spiro atoms. The van der Waals surface area contributed by atoms with Gasteiger partial charge >= 0.3 is 0 Å². The molecule has 0 fully saturated rings. The molecule has 0 aliphatic rings. The lowest BCUT2D eigenvalue weighted by Crippen LogP contribution is -2.22. The Morgan fingerprint density at radius 1 is 0.314 bits per heavy atom. The molecule has 35 heavy (non-hydrogen) atoms. The highest BCUT2D eigenvalue weighted by Crippen LogP contribution is 2.54. The van der Waals surface area contributed by atoms with Crippen LogP contribution in [0.4, 0.5) is 0 Å². The number of halogens is 6. The van der Waals surface area contributed by atoms with Crippen LogP contribution < -0.4 is 0 Å². The molecule has 0 saturated heterocycles. The molecule has 0 bridgehead atoms. The van der Waals surface area contributed by atoms with Crippen molar-refractivity contribution >= 4 is 126 Å². The minimum absolute atomic E-state index is 0.466. The Hall–Kier alpha value is 3.93. The van der Waals surface area contributed by atoms with E-state index in [-0.39, 0.29) is 0 Å². The summed E-state index contributed by atoms with van der Waals surface area (Å²) in [7, 11) is -1.41. The average Bonchev–Trinajstić information content (AvgIpc) is 2.85. The van der Waals surface area contributed by atoms with Gasteiger partial charge in [-0.15, -0.1) is 0 Å². The summed E-state index contributed by atoms with van der Waals surface area (Å²) in [5, 5.41) is 7.03. The first kappa shape index (κ1) is 38.9. The predicted molar refractivity (Wildman–Crippen MR) is 203 cm³/mol. The van der Waals surface area contributed by atoms with Crippen molar-refractivity contribution in [2.24, 2.45) is 0 Å². The van der Waals surface area contributed by atoms with Crippen molar-refractivity contribution in [3.05, 3.63) is 0 Å². The largest absolute Gasteiger partial charge is 0.247 e. The molecule has 0 aromatic rings. The summed E-state index contributed by atoms with van der Waals surface area (Å²) < 4.78 is 0. The Kier molecular flexibility index (Phi) is 27.3. The van der Waals surface area contributed by atoms with Gasteiger partial charge < -0.3 is 0 Å². The Balaban J connectivity index is 5.01. The highest BCUT2D eigenvalue weighted by Gasteiger charge is 2.26. The minimum Gasteiger partial charge on any atom is -0.247 e. The highest BCUT2D eigenvalue weighted by atomic mass is 79.9. The molecule has 0 heterocycles. The van der Waals surface area contributed by atoms with Gasteiger partial charge in [0.05, 0.1) is 0 Å². The normalized spacial score (nSPS) is 14.4. The van der Waals surface area contributed by atoms with Crippen LogP contribution in [0, 0.1) is 0 Å². The van der Waals surface area contributed by atoms with Gasteiger partial charge in [0.1, 0.15) is 0 Å². The van der Waals surface area contributed by atoms with Gasteiger partial charge in [-0.2, -0.15) is 0 Å². The van der Waals surface area contributed by atoms with Crippen molar-refractivity contribution < 1.29 is 0 Å².